The summed E-state index contributed by atoms with van der Waals surface area (Å²) in [5.41, 5.74) is 0. The van der Waals surface area contributed by atoms with Crippen molar-refractivity contribution < 1.29 is 9.90 Å². The van der Waals surface area contributed by atoms with Crippen LogP contribution < -0.4 is 10.6 Å². The lowest BCUT2D eigenvalue weighted by atomic mass is 10.3. The van der Waals surface area contributed by atoms with Crippen molar-refractivity contribution in [1.29, 1.82) is 0 Å². The van der Waals surface area contributed by atoms with E-state index in [0.29, 0.717) is 0 Å². The van der Waals surface area contributed by atoms with Gasteiger partial charge in [-0.05, 0) is 19.4 Å². The maximum atomic E-state index is 10.6. The molecule has 0 saturated carbocycles. The zero-order chi connectivity index (χ0) is 7.40. The van der Waals surface area contributed by atoms with Crippen LogP contribution >= 0.6 is 0 Å². The van der Waals surface area contributed by atoms with Crippen LogP contribution in [0.25, 0.3) is 0 Å². The minimum Gasteiger partial charge on any atom is -0.387 e. The van der Waals surface area contributed by atoms with Crippen molar-refractivity contribution in [3.8, 4) is 0 Å². The highest BCUT2D eigenvalue weighted by atomic mass is 16.3. The van der Waals surface area contributed by atoms with Gasteiger partial charge in [-0.25, -0.2) is 0 Å². The fraction of sp³-hybridized carbons (Fsp3) is 0.833. The zero-order valence-electron chi connectivity index (χ0n) is 5.76. The monoisotopic (exact) mass is 144 g/mol. The van der Waals surface area contributed by atoms with Crippen LogP contribution in [0.2, 0.25) is 0 Å². The molecule has 1 heterocycles. The van der Waals surface area contributed by atoms with E-state index in [1.165, 1.54) is 0 Å². The van der Waals surface area contributed by atoms with Gasteiger partial charge in [0.05, 0.1) is 6.17 Å². The van der Waals surface area contributed by atoms with Gasteiger partial charge in [-0.15, -0.1) is 0 Å². The predicted molar refractivity (Wildman–Crippen MR) is 36.3 cm³/mol. The molecular weight excluding hydrogens is 132 g/mol. The normalized spacial score (nSPS) is 24.7. The molecular formula is C6H12N2O2. The van der Waals surface area contributed by atoms with Gasteiger partial charge in [-0.3, -0.25) is 10.1 Å². The van der Waals surface area contributed by atoms with Gasteiger partial charge < -0.3 is 10.4 Å². The van der Waals surface area contributed by atoms with Gasteiger partial charge in [-0.1, -0.05) is 0 Å². The average Bonchev–Trinajstić information content (AvgIpc) is 2.40. The summed E-state index contributed by atoms with van der Waals surface area (Å²) in [6.45, 7) is 0.536. The third kappa shape index (κ3) is 1.97. The van der Waals surface area contributed by atoms with Crippen LogP contribution in [0.3, 0.4) is 0 Å². The van der Waals surface area contributed by atoms with Crippen LogP contribution in [0.5, 0.6) is 0 Å². The summed E-state index contributed by atoms with van der Waals surface area (Å²) in [5, 5.41) is 14.1. The molecule has 3 N–H and O–H groups in total. The molecule has 1 amide bonds. The largest absolute Gasteiger partial charge is 0.387 e. The van der Waals surface area contributed by atoms with E-state index >= 15 is 0 Å². The number of carbonyl (C=O) groups excluding carboxylic acids is 1. The van der Waals surface area contributed by atoms with E-state index in [4.69, 9.17) is 5.11 Å². The van der Waals surface area contributed by atoms with Crippen LogP contribution in [0.1, 0.15) is 12.8 Å². The first-order valence-electron chi connectivity index (χ1n) is 3.46. The van der Waals surface area contributed by atoms with E-state index in [1.54, 1.807) is 0 Å². The lowest BCUT2D eigenvalue weighted by molar-refractivity contribution is -0.124. The summed E-state index contributed by atoms with van der Waals surface area (Å²) >= 11 is 0. The molecule has 1 fully saturated rings. The number of aliphatic hydroxyl groups excluding tert-OH is 1. The second-order valence-electron chi connectivity index (χ2n) is 2.37. The van der Waals surface area contributed by atoms with Crippen molar-refractivity contribution in [3.05, 3.63) is 0 Å². The van der Waals surface area contributed by atoms with Gasteiger partial charge in [0.2, 0.25) is 5.91 Å². The first kappa shape index (κ1) is 7.50. The molecule has 0 aliphatic carbocycles. The number of aliphatic hydroxyl groups is 1. The summed E-state index contributed by atoms with van der Waals surface area (Å²) in [7, 11) is 0. The van der Waals surface area contributed by atoms with Crippen molar-refractivity contribution in [3.63, 3.8) is 0 Å². The number of amides is 1. The lowest BCUT2D eigenvalue weighted by Crippen LogP contribution is -2.42. The Morgan fingerprint density at radius 1 is 1.80 bits per heavy atom. The molecule has 1 aliphatic heterocycles. The van der Waals surface area contributed by atoms with E-state index < -0.39 is 6.61 Å². The van der Waals surface area contributed by atoms with E-state index in [9.17, 15) is 4.79 Å². The summed E-state index contributed by atoms with van der Waals surface area (Å²) in [4.78, 5) is 10.6. The molecule has 0 aromatic heterocycles. The topological polar surface area (TPSA) is 61.4 Å². The van der Waals surface area contributed by atoms with Crippen LogP contribution in [0.4, 0.5) is 0 Å². The van der Waals surface area contributed by atoms with E-state index in [0.717, 1.165) is 19.4 Å². The molecule has 1 atom stereocenters. The smallest absolute Gasteiger partial charge is 0.246 e. The molecule has 1 rings (SSSR count). The van der Waals surface area contributed by atoms with Crippen molar-refractivity contribution >= 4 is 5.91 Å². The summed E-state index contributed by atoms with van der Waals surface area (Å²) < 4.78 is 0. The van der Waals surface area contributed by atoms with Gasteiger partial charge >= 0.3 is 0 Å². The molecule has 1 unspecified atom stereocenters. The van der Waals surface area contributed by atoms with Gasteiger partial charge in [0.15, 0.2) is 0 Å². The molecule has 0 bridgehead atoms. The average molecular weight is 144 g/mol. The molecule has 0 aromatic rings. The molecule has 0 aromatic carbocycles. The minimum absolute atomic E-state index is 0.0830. The molecule has 4 nitrogen and oxygen atoms in total. The fourth-order valence-electron chi connectivity index (χ4n) is 1.05. The predicted octanol–water partition coefficient (Wildman–Crippen LogP) is -1.20. The fourth-order valence-corrected chi connectivity index (χ4v) is 1.05. The lowest BCUT2D eigenvalue weighted by Gasteiger charge is -2.10. The Bertz CT molecular complexity index is 121. The quantitative estimate of drug-likeness (QED) is 0.456. The number of rotatable bonds is 2. The zero-order valence-corrected chi connectivity index (χ0v) is 5.76. The Balaban J connectivity index is 2.17. The highest BCUT2D eigenvalue weighted by Gasteiger charge is 2.14. The van der Waals surface area contributed by atoms with Crippen molar-refractivity contribution in [1.82, 2.24) is 10.6 Å². The van der Waals surface area contributed by atoms with Gasteiger partial charge in [-0.2, -0.15) is 0 Å². The summed E-state index contributed by atoms with van der Waals surface area (Å²) in [6, 6.07) is 0. The minimum atomic E-state index is -0.418. The Hall–Kier alpha value is -0.610. The second kappa shape index (κ2) is 3.53. The van der Waals surface area contributed by atoms with Crippen LogP contribution in [0, 0.1) is 0 Å². The van der Waals surface area contributed by atoms with Crippen molar-refractivity contribution in [2.24, 2.45) is 0 Å². The number of carbonyl (C=O) groups is 1. The third-order valence-corrected chi connectivity index (χ3v) is 1.54. The summed E-state index contributed by atoms with van der Waals surface area (Å²) in [5.74, 6) is -0.306. The molecule has 10 heavy (non-hydrogen) atoms. The highest BCUT2D eigenvalue weighted by Crippen LogP contribution is 2.00. The molecule has 4 heteroatoms. The Morgan fingerprint density at radius 3 is 3.10 bits per heavy atom. The van der Waals surface area contributed by atoms with Gasteiger partial charge in [0.25, 0.3) is 0 Å². The first-order valence-corrected chi connectivity index (χ1v) is 3.46. The van der Waals surface area contributed by atoms with Crippen LogP contribution in [0.15, 0.2) is 0 Å². The van der Waals surface area contributed by atoms with Crippen LogP contribution in [-0.2, 0) is 4.79 Å². The molecule has 1 aliphatic rings. The number of nitrogens with one attached hydrogen (secondary N) is 2. The Labute approximate surface area is 59.6 Å². The van der Waals surface area contributed by atoms with E-state index in [1.807, 2.05) is 0 Å². The molecule has 58 valence electrons. The van der Waals surface area contributed by atoms with E-state index in [2.05, 4.69) is 10.6 Å². The highest BCUT2D eigenvalue weighted by molar-refractivity contribution is 5.77. The standard InChI is InChI=1S/C6H12N2O2/c9-4-6(10)8-5-2-1-3-7-5/h5,7,9H,1-4H2,(H,8,10). The Kier molecular flexibility index (Phi) is 2.65. The maximum Gasteiger partial charge on any atom is 0.246 e. The molecule has 0 radical (unpaired) electrons. The van der Waals surface area contributed by atoms with Crippen molar-refractivity contribution in [2.75, 3.05) is 13.2 Å². The van der Waals surface area contributed by atoms with Crippen LogP contribution in [-0.4, -0.2) is 30.3 Å². The number of hydrogen-bond donors (Lipinski definition) is 3. The summed E-state index contributed by atoms with van der Waals surface area (Å²) in [6.07, 6.45) is 2.14. The Morgan fingerprint density at radius 2 is 2.60 bits per heavy atom. The number of hydrogen-bond acceptors (Lipinski definition) is 3. The molecule has 1 saturated heterocycles. The van der Waals surface area contributed by atoms with Crippen molar-refractivity contribution in [2.45, 2.75) is 19.0 Å². The first-order chi connectivity index (χ1) is 4.83. The third-order valence-electron chi connectivity index (χ3n) is 1.54. The molecule has 0 spiro atoms. The second-order valence-corrected chi connectivity index (χ2v) is 2.37. The SMILES string of the molecule is O=C(CO)NC1CCCN1. The van der Waals surface area contributed by atoms with Gasteiger partial charge in [0.1, 0.15) is 6.61 Å². The van der Waals surface area contributed by atoms with Gasteiger partial charge in [0, 0.05) is 0 Å². The van der Waals surface area contributed by atoms with E-state index in [-0.39, 0.29) is 12.1 Å². The maximum absolute atomic E-state index is 10.6.